The molecule has 1 aliphatic heterocycles. The van der Waals surface area contributed by atoms with Crippen molar-refractivity contribution in [2.75, 3.05) is 5.32 Å². The standard InChI is InChI=1S/C16H11F3N2O3/c17-16(18,19)10-3-1-2-9(6-10)15(14(23)24)7-13(22)11-8-20-5-4-12(11)21-15/h1-6,8,21H,7H2,(H,23,24). The van der Waals surface area contributed by atoms with Gasteiger partial charge < -0.3 is 10.4 Å². The zero-order valence-corrected chi connectivity index (χ0v) is 12.1. The highest BCUT2D eigenvalue weighted by atomic mass is 19.4. The van der Waals surface area contributed by atoms with Crippen molar-refractivity contribution >= 4 is 17.4 Å². The summed E-state index contributed by atoms with van der Waals surface area (Å²) < 4.78 is 38.8. The van der Waals surface area contributed by atoms with Crippen molar-refractivity contribution < 1.29 is 27.9 Å². The van der Waals surface area contributed by atoms with Gasteiger partial charge >= 0.3 is 12.1 Å². The minimum atomic E-state index is -4.61. The van der Waals surface area contributed by atoms with Crippen LogP contribution in [0.25, 0.3) is 0 Å². The van der Waals surface area contributed by atoms with Crippen LogP contribution in [-0.4, -0.2) is 21.8 Å². The second-order valence-electron chi connectivity index (χ2n) is 5.44. The molecular formula is C16H11F3N2O3. The van der Waals surface area contributed by atoms with Gasteiger partial charge in [-0.15, -0.1) is 0 Å². The van der Waals surface area contributed by atoms with E-state index in [4.69, 9.17) is 0 Å². The second-order valence-corrected chi connectivity index (χ2v) is 5.44. The summed E-state index contributed by atoms with van der Waals surface area (Å²) in [6, 6.07) is 5.40. The number of alkyl halides is 3. The number of carboxylic acids is 1. The molecule has 124 valence electrons. The van der Waals surface area contributed by atoms with Gasteiger partial charge in [0.05, 0.1) is 11.1 Å². The number of carbonyl (C=O) groups excluding carboxylic acids is 1. The third kappa shape index (κ3) is 2.49. The Morgan fingerprint density at radius 1 is 1.29 bits per heavy atom. The van der Waals surface area contributed by atoms with Gasteiger partial charge in [0.25, 0.3) is 0 Å². The normalized spacial score (nSPS) is 20.2. The molecule has 24 heavy (non-hydrogen) atoms. The average molecular weight is 336 g/mol. The van der Waals surface area contributed by atoms with Crippen molar-refractivity contribution in [1.82, 2.24) is 4.98 Å². The fourth-order valence-corrected chi connectivity index (χ4v) is 2.72. The Labute approximate surface area is 134 Å². The largest absolute Gasteiger partial charge is 0.479 e. The third-order valence-electron chi connectivity index (χ3n) is 3.94. The molecule has 0 fully saturated rings. The summed E-state index contributed by atoms with van der Waals surface area (Å²) >= 11 is 0. The summed E-state index contributed by atoms with van der Waals surface area (Å²) in [5.74, 6) is -1.94. The molecule has 1 aliphatic rings. The lowest BCUT2D eigenvalue weighted by Crippen LogP contribution is -2.48. The quantitative estimate of drug-likeness (QED) is 0.881. The number of halogens is 3. The molecule has 0 bridgehead atoms. The molecule has 1 aromatic heterocycles. The summed E-state index contributed by atoms with van der Waals surface area (Å²) in [5, 5.41) is 12.4. The molecule has 2 heterocycles. The number of ketones is 1. The minimum Gasteiger partial charge on any atom is -0.479 e. The fraction of sp³-hybridized carbons (Fsp3) is 0.188. The van der Waals surface area contributed by atoms with E-state index in [1.54, 1.807) is 0 Å². The van der Waals surface area contributed by atoms with Gasteiger partial charge in [-0.2, -0.15) is 13.2 Å². The number of hydrogen-bond donors (Lipinski definition) is 2. The van der Waals surface area contributed by atoms with Crippen LogP contribution in [0.2, 0.25) is 0 Å². The third-order valence-corrected chi connectivity index (χ3v) is 3.94. The van der Waals surface area contributed by atoms with E-state index in [-0.39, 0.29) is 16.8 Å². The molecule has 0 saturated heterocycles. The molecule has 2 aromatic rings. The van der Waals surface area contributed by atoms with Crippen LogP contribution in [0.3, 0.4) is 0 Å². The number of Topliss-reactive ketones (excluding diaryl/α,β-unsaturated/α-hetero) is 1. The molecule has 1 unspecified atom stereocenters. The molecule has 0 saturated carbocycles. The highest BCUT2D eigenvalue weighted by molar-refractivity contribution is 6.08. The number of hydrogen-bond acceptors (Lipinski definition) is 4. The number of pyridine rings is 1. The Balaban J connectivity index is 2.16. The molecule has 0 amide bonds. The maximum absolute atomic E-state index is 12.9. The number of rotatable bonds is 2. The SMILES string of the molecule is O=C1CC(C(=O)O)(c2cccc(C(F)(F)F)c2)Nc2ccncc21. The van der Waals surface area contributed by atoms with Crippen LogP contribution in [0.15, 0.2) is 42.7 Å². The number of benzene rings is 1. The summed E-state index contributed by atoms with van der Waals surface area (Å²) in [5.41, 5.74) is -2.65. The van der Waals surface area contributed by atoms with Crippen molar-refractivity contribution in [3.05, 3.63) is 59.4 Å². The Morgan fingerprint density at radius 2 is 2.04 bits per heavy atom. The van der Waals surface area contributed by atoms with Gasteiger partial charge in [0.1, 0.15) is 0 Å². The van der Waals surface area contributed by atoms with Crippen LogP contribution < -0.4 is 5.32 Å². The first-order valence-electron chi connectivity index (χ1n) is 6.90. The molecule has 1 atom stereocenters. The summed E-state index contributed by atoms with van der Waals surface area (Å²) in [6.45, 7) is 0. The lowest BCUT2D eigenvalue weighted by molar-refractivity contribution is -0.143. The van der Waals surface area contributed by atoms with Gasteiger partial charge in [0.15, 0.2) is 11.3 Å². The van der Waals surface area contributed by atoms with Crippen molar-refractivity contribution in [1.29, 1.82) is 0 Å². The average Bonchev–Trinajstić information content (AvgIpc) is 2.54. The Hall–Kier alpha value is -2.90. The van der Waals surface area contributed by atoms with Crippen molar-refractivity contribution in [3.63, 3.8) is 0 Å². The van der Waals surface area contributed by atoms with Crippen LogP contribution in [-0.2, 0) is 16.5 Å². The zero-order chi connectivity index (χ0) is 17.5. The maximum Gasteiger partial charge on any atom is 0.416 e. The number of carboxylic acid groups (broad SMARTS) is 1. The number of anilines is 1. The van der Waals surface area contributed by atoms with Gasteiger partial charge in [0, 0.05) is 24.5 Å². The van der Waals surface area contributed by atoms with E-state index in [0.29, 0.717) is 0 Å². The number of nitrogens with zero attached hydrogens (tertiary/aromatic N) is 1. The van der Waals surface area contributed by atoms with E-state index in [1.165, 1.54) is 24.5 Å². The highest BCUT2D eigenvalue weighted by Crippen LogP contribution is 2.39. The van der Waals surface area contributed by atoms with Crippen LogP contribution in [0.1, 0.15) is 27.9 Å². The fourth-order valence-electron chi connectivity index (χ4n) is 2.72. The summed E-state index contributed by atoms with van der Waals surface area (Å²) in [4.78, 5) is 28.0. The molecule has 5 nitrogen and oxygen atoms in total. The second kappa shape index (κ2) is 5.33. The summed E-state index contributed by atoms with van der Waals surface area (Å²) in [6.07, 6.45) is -2.47. The number of aromatic nitrogens is 1. The van der Waals surface area contributed by atoms with Gasteiger partial charge in [0.2, 0.25) is 0 Å². The highest BCUT2D eigenvalue weighted by Gasteiger charge is 2.47. The number of fused-ring (bicyclic) bond motifs is 1. The first-order valence-corrected chi connectivity index (χ1v) is 6.90. The molecular weight excluding hydrogens is 325 g/mol. The smallest absolute Gasteiger partial charge is 0.416 e. The van der Waals surface area contributed by atoms with Crippen LogP contribution in [0.4, 0.5) is 18.9 Å². The lowest BCUT2D eigenvalue weighted by Gasteiger charge is -2.36. The van der Waals surface area contributed by atoms with Gasteiger partial charge in [-0.3, -0.25) is 9.78 Å². The van der Waals surface area contributed by atoms with E-state index in [1.807, 2.05) is 0 Å². The van der Waals surface area contributed by atoms with Crippen LogP contribution >= 0.6 is 0 Å². The zero-order valence-electron chi connectivity index (χ0n) is 12.1. The van der Waals surface area contributed by atoms with Gasteiger partial charge in [-0.25, -0.2) is 4.79 Å². The minimum absolute atomic E-state index is 0.138. The first-order chi connectivity index (χ1) is 11.2. The van der Waals surface area contributed by atoms with Gasteiger partial charge in [-0.1, -0.05) is 12.1 Å². The Morgan fingerprint density at radius 3 is 2.71 bits per heavy atom. The van der Waals surface area contributed by atoms with E-state index in [0.717, 1.165) is 18.2 Å². The van der Waals surface area contributed by atoms with Crippen molar-refractivity contribution in [3.8, 4) is 0 Å². The predicted molar refractivity (Wildman–Crippen MR) is 77.6 cm³/mol. The monoisotopic (exact) mass is 336 g/mol. The van der Waals surface area contributed by atoms with Gasteiger partial charge in [-0.05, 0) is 23.8 Å². The predicted octanol–water partition coefficient (Wildman–Crippen LogP) is 3.08. The molecule has 8 heteroatoms. The number of carbonyl (C=O) groups is 2. The Bertz CT molecular complexity index is 835. The van der Waals surface area contributed by atoms with Crippen LogP contribution in [0, 0.1) is 0 Å². The molecule has 1 aromatic carbocycles. The lowest BCUT2D eigenvalue weighted by atomic mass is 9.80. The Kier molecular flexibility index (Phi) is 3.55. The number of aliphatic carboxylic acids is 1. The van der Waals surface area contributed by atoms with Crippen LogP contribution in [0.5, 0.6) is 0 Å². The van der Waals surface area contributed by atoms with E-state index >= 15 is 0 Å². The van der Waals surface area contributed by atoms with E-state index in [9.17, 15) is 27.9 Å². The summed E-state index contributed by atoms with van der Waals surface area (Å²) in [7, 11) is 0. The molecule has 0 spiro atoms. The van der Waals surface area contributed by atoms with Crippen molar-refractivity contribution in [2.24, 2.45) is 0 Å². The molecule has 0 radical (unpaired) electrons. The first kappa shape index (κ1) is 16.0. The topological polar surface area (TPSA) is 79.3 Å². The van der Waals surface area contributed by atoms with E-state index < -0.39 is 35.5 Å². The molecule has 2 N–H and O–H groups in total. The maximum atomic E-state index is 12.9. The molecule has 3 rings (SSSR count). The number of nitrogens with one attached hydrogen (secondary N) is 1. The van der Waals surface area contributed by atoms with E-state index in [2.05, 4.69) is 10.3 Å². The molecule has 0 aliphatic carbocycles. The van der Waals surface area contributed by atoms with Crippen molar-refractivity contribution in [2.45, 2.75) is 18.1 Å².